The Morgan fingerprint density at radius 2 is 1.84 bits per heavy atom. The minimum atomic E-state index is -1.26. The molecule has 0 bridgehead atoms. The number of rotatable bonds is 2. The van der Waals surface area contributed by atoms with E-state index < -0.39 is 11.8 Å². The van der Waals surface area contributed by atoms with E-state index in [4.69, 9.17) is 0 Å². The van der Waals surface area contributed by atoms with Crippen molar-refractivity contribution < 1.29 is 19.8 Å². The van der Waals surface area contributed by atoms with E-state index in [-0.39, 0.29) is 22.9 Å². The van der Waals surface area contributed by atoms with E-state index in [1.807, 2.05) is 0 Å². The summed E-state index contributed by atoms with van der Waals surface area (Å²) in [7, 11) is 0. The Hall–Kier alpha value is -1.16. The molecule has 3 saturated carbocycles. The Labute approximate surface area is 149 Å². The molecule has 0 aliphatic heterocycles. The Morgan fingerprint density at radius 3 is 2.56 bits per heavy atom. The first-order valence-electron chi connectivity index (χ1n) is 9.92. The van der Waals surface area contributed by atoms with Crippen molar-refractivity contribution in [3.05, 3.63) is 11.6 Å². The van der Waals surface area contributed by atoms with Crippen LogP contribution in [0.25, 0.3) is 0 Å². The van der Waals surface area contributed by atoms with Crippen LogP contribution >= 0.6 is 0 Å². The quantitative estimate of drug-likeness (QED) is 0.592. The first kappa shape index (κ1) is 17.3. The average Bonchev–Trinajstić information content (AvgIpc) is 2.92. The molecule has 4 aliphatic rings. The lowest BCUT2D eigenvalue weighted by Crippen LogP contribution is -2.51. The number of hydrogen-bond donors (Lipinski definition) is 2. The van der Waals surface area contributed by atoms with Gasteiger partial charge in [-0.15, -0.1) is 0 Å². The van der Waals surface area contributed by atoms with Gasteiger partial charge >= 0.3 is 5.97 Å². The smallest absolute Gasteiger partial charge is 0.372 e. The predicted molar refractivity (Wildman–Crippen MR) is 93.8 cm³/mol. The van der Waals surface area contributed by atoms with Gasteiger partial charge in [0.2, 0.25) is 5.78 Å². The Kier molecular flexibility index (Phi) is 3.91. The highest BCUT2D eigenvalue weighted by Gasteiger charge is 2.60. The van der Waals surface area contributed by atoms with E-state index in [1.165, 1.54) is 5.57 Å². The number of aliphatic hydroxyl groups is 1. The Balaban J connectivity index is 1.64. The lowest BCUT2D eigenvalue weighted by molar-refractivity contribution is -0.154. The largest absolute Gasteiger partial charge is 0.475 e. The summed E-state index contributed by atoms with van der Waals surface area (Å²) in [6.45, 7) is 4.57. The average molecular weight is 346 g/mol. The Bertz CT molecular complexity index is 638. The van der Waals surface area contributed by atoms with Crippen molar-refractivity contribution in [3.8, 4) is 0 Å². The van der Waals surface area contributed by atoms with Gasteiger partial charge in [-0.2, -0.15) is 0 Å². The minimum Gasteiger partial charge on any atom is -0.475 e. The van der Waals surface area contributed by atoms with Crippen LogP contribution in [0.1, 0.15) is 65.2 Å². The fourth-order valence-corrected chi connectivity index (χ4v) is 7.22. The molecule has 3 fully saturated rings. The number of aliphatic carboxylic acids is 1. The molecule has 0 saturated heterocycles. The molecule has 0 aromatic rings. The van der Waals surface area contributed by atoms with E-state index in [0.717, 1.165) is 51.4 Å². The summed E-state index contributed by atoms with van der Waals surface area (Å²) in [5.74, 6) is -0.482. The molecule has 25 heavy (non-hydrogen) atoms. The zero-order valence-corrected chi connectivity index (χ0v) is 15.3. The van der Waals surface area contributed by atoms with Gasteiger partial charge in [0, 0.05) is 5.92 Å². The third-order valence-corrected chi connectivity index (χ3v) is 8.61. The molecule has 4 aliphatic carbocycles. The first-order chi connectivity index (χ1) is 11.8. The second kappa shape index (κ2) is 5.67. The topological polar surface area (TPSA) is 74.6 Å². The van der Waals surface area contributed by atoms with Crippen molar-refractivity contribution >= 4 is 11.8 Å². The number of carboxylic acids is 1. The van der Waals surface area contributed by atoms with Gasteiger partial charge in [0.25, 0.3) is 0 Å². The number of carbonyl (C=O) groups excluding carboxylic acids is 1. The van der Waals surface area contributed by atoms with Crippen LogP contribution in [0.4, 0.5) is 0 Å². The van der Waals surface area contributed by atoms with Crippen LogP contribution in [-0.4, -0.2) is 28.1 Å². The molecular formula is C21H30O4. The van der Waals surface area contributed by atoms with Crippen LogP contribution in [0.3, 0.4) is 0 Å². The number of carboxylic acid groups (broad SMARTS) is 1. The molecule has 0 aromatic heterocycles. The van der Waals surface area contributed by atoms with Crippen molar-refractivity contribution in [1.29, 1.82) is 0 Å². The summed E-state index contributed by atoms with van der Waals surface area (Å²) < 4.78 is 0. The number of aliphatic hydroxyl groups excluding tert-OH is 1. The molecule has 0 aromatic carbocycles. The van der Waals surface area contributed by atoms with Crippen LogP contribution < -0.4 is 0 Å². The van der Waals surface area contributed by atoms with Gasteiger partial charge in [0.05, 0.1) is 6.10 Å². The van der Waals surface area contributed by atoms with E-state index >= 15 is 0 Å². The lowest BCUT2D eigenvalue weighted by atomic mass is 9.47. The fourth-order valence-electron chi connectivity index (χ4n) is 7.22. The molecule has 0 heterocycles. The highest BCUT2D eigenvalue weighted by molar-refractivity contribution is 6.33. The van der Waals surface area contributed by atoms with Gasteiger partial charge in [-0.3, -0.25) is 4.79 Å². The third-order valence-electron chi connectivity index (χ3n) is 8.61. The third kappa shape index (κ3) is 2.36. The minimum absolute atomic E-state index is 0.146. The number of hydrogen-bond acceptors (Lipinski definition) is 3. The highest BCUT2D eigenvalue weighted by Crippen LogP contribution is 2.66. The molecule has 4 rings (SSSR count). The van der Waals surface area contributed by atoms with Gasteiger partial charge in [-0.25, -0.2) is 4.79 Å². The first-order valence-corrected chi connectivity index (χ1v) is 9.92. The van der Waals surface area contributed by atoms with Crippen LogP contribution in [0, 0.1) is 34.5 Å². The summed E-state index contributed by atoms with van der Waals surface area (Å²) in [4.78, 5) is 23.5. The van der Waals surface area contributed by atoms with E-state index in [2.05, 4.69) is 19.9 Å². The fraction of sp³-hybridized carbons (Fsp3) is 0.810. The second-order valence-electron chi connectivity index (χ2n) is 9.50. The maximum atomic E-state index is 12.3. The van der Waals surface area contributed by atoms with Crippen LogP contribution in [0.5, 0.6) is 0 Å². The van der Waals surface area contributed by atoms with Gasteiger partial charge < -0.3 is 10.2 Å². The molecule has 138 valence electrons. The standard InChI is InChI=1S/C21H30O4/c1-20-9-7-13(22)11-12(20)3-4-14-15-5-6-17(18(23)19(24)25)21(15,2)10-8-16(14)20/h3,13-17,22H,4-11H2,1-2H3,(H,24,25)/t13-,14-,15-,16-,17+,20-,21-/m0/s1. The summed E-state index contributed by atoms with van der Waals surface area (Å²) in [6, 6.07) is 0. The number of Topliss-reactive ketones (excluding diaryl/α,β-unsaturated/α-hetero) is 1. The summed E-state index contributed by atoms with van der Waals surface area (Å²) in [5.41, 5.74) is 1.50. The summed E-state index contributed by atoms with van der Waals surface area (Å²) in [5, 5.41) is 19.3. The monoisotopic (exact) mass is 346 g/mol. The van der Waals surface area contributed by atoms with E-state index in [9.17, 15) is 19.8 Å². The van der Waals surface area contributed by atoms with Gasteiger partial charge in [-0.1, -0.05) is 25.5 Å². The normalized spacial score (nSPS) is 48.8. The molecule has 2 N–H and O–H groups in total. The van der Waals surface area contributed by atoms with Crippen molar-refractivity contribution in [2.24, 2.45) is 34.5 Å². The zero-order valence-electron chi connectivity index (χ0n) is 15.3. The molecule has 4 heteroatoms. The van der Waals surface area contributed by atoms with Crippen LogP contribution in [0.15, 0.2) is 11.6 Å². The van der Waals surface area contributed by atoms with Crippen molar-refractivity contribution in [3.63, 3.8) is 0 Å². The van der Waals surface area contributed by atoms with Gasteiger partial charge in [-0.05, 0) is 80.0 Å². The van der Waals surface area contributed by atoms with Crippen LogP contribution in [-0.2, 0) is 9.59 Å². The SMILES string of the molecule is C[C@]12CC[C@H]3[C@@H](CC=C4C[C@@H](O)CC[C@@]43C)[C@@H]1CC[C@@H]2C(=O)C(=O)O. The second-order valence-corrected chi connectivity index (χ2v) is 9.50. The zero-order chi connectivity index (χ0) is 18.0. The van der Waals surface area contributed by atoms with E-state index in [0.29, 0.717) is 17.8 Å². The molecule has 0 spiro atoms. The van der Waals surface area contributed by atoms with Crippen LogP contribution in [0.2, 0.25) is 0 Å². The van der Waals surface area contributed by atoms with E-state index in [1.54, 1.807) is 0 Å². The van der Waals surface area contributed by atoms with Gasteiger partial charge in [0.15, 0.2) is 0 Å². The summed E-state index contributed by atoms with van der Waals surface area (Å²) >= 11 is 0. The molecule has 0 amide bonds. The molecular weight excluding hydrogens is 316 g/mol. The number of carbonyl (C=O) groups is 2. The predicted octanol–water partition coefficient (Wildman–Crippen LogP) is 3.58. The van der Waals surface area contributed by atoms with Crippen molar-refractivity contribution in [2.45, 2.75) is 71.3 Å². The number of ketones is 1. The molecule has 0 radical (unpaired) electrons. The lowest BCUT2D eigenvalue weighted by Gasteiger charge is -2.57. The summed E-state index contributed by atoms with van der Waals surface area (Å²) in [6.07, 6.45) is 9.78. The molecule has 7 atom stereocenters. The number of allylic oxidation sites excluding steroid dienone is 1. The number of fused-ring (bicyclic) bond motifs is 5. The highest BCUT2D eigenvalue weighted by atomic mass is 16.4. The maximum Gasteiger partial charge on any atom is 0.372 e. The van der Waals surface area contributed by atoms with Crippen molar-refractivity contribution in [1.82, 2.24) is 0 Å². The maximum absolute atomic E-state index is 12.3. The van der Waals surface area contributed by atoms with Gasteiger partial charge in [0.1, 0.15) is 0 Å². The van der Waals surface area contributed by atoms with Crippen molar-refractivity contribution in [2.75, 3.05) is 0 Å². The molecule has 0 unspecified atom stereocenters. The Morgan fingerprint density at radius 1 is 1.08 bits per heavy atom. The molecule has 4 nitrogen and oxygen atoms in total.